The van der Waals surface area contributed by atoms with Crippen LogP contribution >= 0.6 is 31.9 Å². The predicted molar refractivity (Wildman–Crippen MR) is 173 cm³/mol. The van der Waals surface area contributed by atoms with Crippen LogP contribution in [0.1, 0.15) is 43.6 Å². The van der Waals surface area contributed by atoms with Gasteiger partial charge < -0.3 is 20.1 Å². The second-order valence-corrected chi connectivity index (χ2v) is 9.76. The van der Waals surface area contributed by atoms with Crippen LogP contribution in [0, 0.1) is 0 Å². The number of allylic oxidation sites excluding steroid dienone is 1. The number of aliphatic hydroxyl groups excluding tert-OH is 1. The molecule has 0 amide bonds. The van der Waals surface area contributed by atoms with Gasteiger partial charge in [0.15, 0.2) is 11.6 Å². The SMILES string of the molecule is CC(=O)c1ccc(Br)cc1.CO.COc1ccc(/C=C/C(=O)c2ccc(Br)cc2)cc1.COc1ccc(C=O)cc1.[Na+].[OH-]. The molecule has 0 radical (unpaired) electrons. The number of carbonyl (C=O) groups excluding carboxylic acids is 3. The van der Waals surface area contributed by atoms with Crippen LogP contribution in [-0.2, 0) is 0 Å². The number of rotatable bonds is 7. The van der Waals surface area contributed by atoms with Gasteiger partial charge in [0.2, 0.25) is 0 Å². The summed E-state index contributed by atoms with van der Waals surface area (Å²) in [6.45, 7) is 1.56. The molecule has 10 heteroatoms. The second-order valence-electron chi connectivity index (χ2n) is 7.93. The third kappa shape index (κ3) is 17.1. The van der Waals surface area contributed by atoms with Crippen molar-refractivity contribution in [2.24, 2.45) is 0 Å². The van der Waals surface area contributed by atoms with Crippen molar-refractivity contribution in [2.45, 2.75) is 6.92 Å². The Bertz CT molecular complexity index is 1370. The van der Waals surface area contributed by atoms with Crippen molar-refractivity contribution in [1.29, 1.82) is 0 Å². The number of ether oxygens (including phenoxy) is 2. The average molecular weight is 724 g/mol. The van der Waals surface area contributed by atoms with Crippen molar-refractivity contribution in [3.05, 3.63) is 134 Å². The van der Waals surface area contributed by atoms with Gasteiger partial charge in [-0.3, -0.25) is 14.4 Å². The van der Waals surface area contributed by atoms with E-state index in [1.807, 2.05) is 48.5 Å². The Morgan fingerprint density at radius 1 is 0.651 bits per heavy atom. The number of halogens is 2. The molecule has 0 fully saturated rings. The van der Waals surface area contributed by atoms with E-state index in [1.165, 1.54) is 0 Å². The fourth-order valence-electron chi connectivity index (χ4n) is 2.96. The number of ketones is 2. The zero-order valence-electron chi connectivity index (χ0n) is 24.7. The van der Waals surface area contributed by atoms with E-state index < -0.39 is 0 Å². The number of hydrogen-bond donors (Lipinski definition) is 1. The normalized spacial score (nSPS) is 9.09. The van der Waals surface area contributed by atoms with Crippen molar-refractivity contribution in [3.8, 4) is 11.5 Å². The Kier molecular flexibility index (Phi) is 24.1. The summed E-state index contributed by atoms with van der Waals surface area (Å²) in [4.78, 5) is 32.8. The number of carbonyl (C=O) groups is 3. The van der Waals surface area contributed by atoms with E-state index in [4.69, 9.17) is 14.6 Å². The number of aldehydes is 1. The van der Waals surface area contributed by atoms with Crippen molar-refractivity contribution >= 4 is 55.8 Å². The molecule has 7 nitrogen and oxygen atoms in total. The molecule has 0 bridgehead atoms. The van der Waals surface area contributed by atoms with E-state index in [0.717, 1.165) is 45.0 Å². The largest absolute Gasteiger partial charge is 1.00 e. The summed E-state index contributed by atoms with van der Waals surface area (Å²) in [7, 11) is 4.22. The monoisotopic (exact) mass is 722 g/mol. The van der Waals surface area contributed by atoms with E-state index in [0.29, 0.717) is 11.1 Å². The topological polar surface area (TPSA) is 120 Å². The van der Waals surface area contributed by atoms with Gasteiger partial charge in [-0.2, -0.15) is 0 Å². The van der Waals surface area contributed by atoms with Gasteiger partial charge in [0.25, 0.3) is 0 Å². The average Bonchev–Trinajstić information content (AvgIpc) is 3.02. The van der Waals surface area contributed by atoms with Gasteiger partial charge in [0, 0.05) is 32.7 Å². The van der Waals surface area contributed by atoms with Crippen LogP contribution in [0.2, 0.25) is 0 Å². The molecule has 4 rings (SSSR count). The molecule has 0 aliphatic heterocycles. The number of methoxy groups -OCH3 is 2. The molecule has 0 spiro atoms. The molecule has 0 saturated carbocycles. The molecule has 0 atom stereocenters. The van der Waals surface area contributed by atoms with Crippen molar-refractivity contribution in [3.63, 3.8) is 0 Å². The molecular formula is C33H33Br2NaO7. The first kappa shape index (κ1) is 42.2. The maximum absolute atomic E-state index is 11.9. The molecule has 4 aromatic carbocycles. The molecule has 2 N–H and O–H groups in total. The van der Waals surface area contributed by atoms with Gasteiger partial charge in [0.05, 0.1) is 14.2 Å². The molecule has 0 heterocycles. The first-order valence-corrected chi connectivity index (χ1v) is 13.8. The summed E-state index contributed by atoms with van der Waals surface area (Å²) in [5, 5.41) is 7.00. The molecule has 0 aliphatic rings. The molecule has 0 aliphatic carbocycles. The summed E-state index contributed by atoms with van der Waals surface area (Å²) in [6.07, 6.45) is 4.17. The summed E-state index contributed by atoms with van der Waals surface area (Å²) in [5.41, 5.74) is 3.06. The molecule has 0 saturated heterocycles. The zero-order chi connectivity index (χ0) is 30.6. The minimum Gasteiger partial charge on any atom is -0.870 e. The van der Waals surface area contributed by atoms with Crippen LogP contribution in [0.3, 0.4) is 0 Å². The van der Waals surface area contributed by atoms with Crippen LogP contribution in [0.25, 0.3) is 6.08 Å². The number of aliphatic hydroxyl groups is 1. The second kappa shape index (κ2) is 24.5. The minimum atomic E-state index is -0.0108. The Morgan fingerprint density at radius 3 is 1.37 bits per heavy atom. The quantitative estimate of drug-likeness (QED) is 0.124. The van der Waals surface area contributed by atoms with Crippen LogP contribution < -0.4 is 39.0 Å². The number of Topliss-reactive ketones (excluding diaryl/α,β-unsaturated/α-hetero) is 1. The van der Waals surface area contributed by atoms with Crippen molar-refractivity contribution in [1.82, 2.24) is 0 Å². The fourth-order valence-corrected chi connectivity index (χ4v) is 3.49. The number of hydrogen-bond acceptors (Lipinski definition) is 7. The van der Waals surface area contributed by atoms with Crippen LogP contribution in [0.5, 0.6) is 11.5 Å². The first-order chi connectivity index (χ1) is 19.7. The minimum absolute atomic E-state index is 0. The molecule has 43 heavy (non-hydrogen) atoms. The third-order valence-electron chi connectivity index (χ3n) is 5.17. The smallest absolute Gasteiger partial charge is 0.870 e. The third-order valence-corrected chi connectivity index (χ3v) is 6.23. The van der Waals surface area contributed by atoms with E-state index in [9.17, 15) is 14.4 Å². The Labute approximate surface area is 291 Å². The van der Waals surface area contributed by atoms with Gasteiger partial charge in [-0.05, 0) is 91.4 Å². The molecular weight excluding hydrogens is 691 g/mol. The van der Waals surface area contributed by atoms with Gasteiger partial charge in [-0.25, -0.2) is 0 Å². The summed E-state index contributed by atoms with van der Waals surface area (Å²) in [6, 6.07) is 29.1. The van der Waals surface area contributed by atoms with E-state index >= 15 is 0 Å². The maximum Gasteiger partial charge on any atom is 1.00 e. The van der Waals surface area contributed by atoms with Crippen LogP contribution in [0.15, 0.2) is 112 Å². The summed E-state index contributed by atoms with van der Waals surface area (Å²) >= 11 is 6.63. The van der Waals surface area contributed by atoms with Gasteiger partial charge in [-0.15, -0.1) is 0 Å². The van der Waals surface area contributed by atoms with Gasteiger partial charge in [-0.1, -0.05) is 62.2 Å². The van der Waals surface area contributed by atoms with Crippen molar-refractivity contribution in [2.75, 3.05) is 21.3 Å². The van der Waals surface area contributed by atoms with E-state index in [-0.39, 0.29) is 46.6 Å². The number of benzene rings is 4. The van der Waals surface area contributed by atoms with Gasteiger partial charge in [0.1, 0.15) is 17.8 Å². The molecule has 0 unspecified atom stereocenters. The van der Waals surface area contributed by atoms with E-state index in [2.05, 4.69) is 31.9 Å². The molecule has 4 aromatic rings. The van der Waals surface area contributed by atoms with E-state index in [1.54, 1.807) is 81.8 Å². The van der Waals surface area contributed by atoms with Crippen molar-refractivity contribution < 1.29 is 64.0 Å². The fraction of sp³-hybridized carbons (Fsp3) is 0.121. The first-order valence-electron chi connectivity index (χ1n) is 12.2. The van der Waals surface area contributed by atoms with Gasteiger partial charge >= 0.3 is 29.6 Å². The summed E-state index contributed by atoms with van der Waals surface area (Å²) in [5.74, 6) is 1.66. The Morgan fingerprint density at radius 2 is 1.02 bits per heavy atom. The van der Waals surface area contributed by atoms with Crippen LogP contribution in [-0.4, -0.2) is 49.8 Å². The standard InChI is InChI=1S/C16H13BrO2.C8H7BrO.C8H8O2.CH4O.Na.H2O/c1-19-15-9-2-12(3-10-15)4-11-16(18)13-5-7-14(17)8-6-13;1-6(10)7-2-4-8(9)5-3-7;1-10-8-4-2-7(6-9)3-5-8;1-2;;/h2-11H,1H3;2-5H,1H3;2-6H,1H3;2H,1H3;;1H2/q;;;;+1;/p-1/b11-4+;;;;;. The Balaban J connectivity index is 0. The Hall–Kier alpha value is -2.89. The zero-order valence-corrected chi connectivity index (χ0v) is 29.8. The maximum atomic E-state index is 11.9. The molecule has 222 valence electrons. The summed E-state index contributed by atoms with van der Waals surface area (Å²) < 4.78 is 11.9. The molecule has 0 aromatic heterocycles. The van der Waals surface area contributed by atoms with Crippen LogP contribution in [0.4, 0.5) is 0 Å². The predicted octanol–water partition coefficient (Wildman–Crippen LogP) is 4.95.